The third kappa shape index (κ3) is 3.87. The van der Waals surface area contributed by atoms with Gasteiger partial charge in [0.05, 0.1) is 0 Å². The van der Waals surface area contributed by atoms with Crippen molar-refractivity contribution in [2.75, 3.05) is 0 Å². The Morgan fingerprint density at radius 2 is 1.86 bits per heavy atom. The van der Waals surface area contributed by atoms with Crippen molar-refractivity contribution in [3.8, 4) is 0 Å². The van der Waals surface area contributed by atoms with Gasteiger partial charge in [0.25, 0.3) is 5.91 Å². The van der Waals surface area contributed by atoms with E-state index >= 15 is 0 Å². The van der Waals surface area contributed by atoms with E-state index in [1.54, 1.807) is 6.07 Å². The molecule has 1 amide bonds. The molecule has 0 heterocycles. The normalized spacial score (nSPS) is 10.3. The van der Waals surface area contributed by atoms with Crippen LogP contribution in [0, 0.1) is 11.6 Å². The van der Waals surface area contributed by atoms with E-state index in [-0.39, 0.29) is 17.6 Å². The average Bonchev–Trinajstić information content (AvgIpc) is 2.45. The SMILES string of the molecule is O=C(NCc1ccccc1F)c1cc(F)cc(B(O)O)c1. The van der Waals surface area contributed by atoms with E-state index in [0.29, 0.717) is 5.56 Å². The monoisotopic (exact) mass is 291 g/mol. The first-order chi connectivity index (χ1) is 9.97. The first kappa shape index (κ1) is 15.1. The highest BCUT2D eigenvalue weighted by molar-refractivity contribution is 6.58. The molecule has 2 aromatic carbocycles. The highest BCUT2D eigenvalue weighted by atomic mass is 19.1. The fourth-order valence-electron chi connectivity index (χ4n) is 1.81. The molecule has 108 valence electrons. The number of carbonyl (C=O) groups is 1. The maximum absolute atomic E-state index is 13.4. The van der Waals surface area contributed by atoms with Crippen LogP contribution in [0.25, 0.3) is 0 Å². The van der Waals surface area contributed by atoms with Gasteiger partial charge < -0.3 is 15.4 Å². The Bertz CT molecular complexity index is 664. The first-order valence-corrected chi connectivity index (χ1v) is 6.15. The van der Waals surface area contributed by atoms with Gasteiger partial charge in [0.15, 0.2) is 0 Å². The zero-order chi connectivity index (χ0) is 15.4. The summed E-state index contributed by atoms with van der Waals surface area (Å²) in [7, 11) is -1.88. The molecule has 0 unspecified atom stereocenters. The molecule has 0 atom stereocenters. The van der Waals surface area contributed by atoms with Crippen LogP contribution in [0.15, 0.2) is 42.5 Å². The predicted octanol–water partition coefficient (Wildman–Crippen LogP) is 0.575. The van der Waals surface area contributed by atoms with E-state index in [2.05, 4.69) is 5.32 Å². The minimum absolute atomic E-state index is 0.0565. The van der Waals surface area contributed by atoms with Crippen molar-refractivity contribution in [3.63, 3.8) is 0 Å². The lowest BCUT2D eigenvalue weighted by atomic mass is 9.79. The molecule has 0 saturated carbocycles. The molecule has 21 heavy (non-hydrogen) atoms. The number of rotatable bonds is 4. The number of carbonyl (C=O) groups excluding carboxylic acids is 1. The lowest BCUT2D eigenvalue weighted by molar-refractivity contribution is 0.0950. The van der Waals surface area contributed by atoms with E-state index in [1.165, 1.54) is 18.2 Å². The summed E-state index contributed by atoms with van der Waals surface area (Å²) in [6.45, 7) is -0.0565. The standard InChI is InChI=1S/C14H12BF2NO3/c16-12-6-10(5-11(7-12)15(20)21)14(19)18-8-9-3-1-2-4-13(9)17/h1-7,20-21H,8H2,(H,18,19). The highest BCUT2D eigenvalue weighted by Gasteiger charge is 2.16. The molecule has 0 fully saturated rings. The van der Waals surface area contributed by atoms with Crippen LogP contribution in [0.5, 0.6) is 0 Å². The van der Waals surface area contributed by atoms with Crippen molar-refractivity contribution in [3.05, 3.63) is 65.2 Å². The average molecular weight is 291 g/mol. The zero-order valence-corrected chi connectivity index (χ0v) is 10.9. The number of halogens is 2. The van der Waals surface area contributed by atoms with Crippen LogP contribution in [0.1, 0.15) is 15.9 Å². The van der Waals surface area contributed by atoms with Gasteiger partial charge in [-0.05, 0) is 29.7 Å². The van der Waals surface area contributed by atoms with Crippen molar-refractivity contribution < 1.29 is 23.6 Å². The maximum atomic E-state index is 13.4. The van der Waals surface area contributed by atoms with Crippen molar-refractivity contribution in [1.82, 2.24) is 5.32 Å². The fourth-order valence-corrected chi connectivity index (χ4v) is 1.81. The van der Waals surface area contributed by atoms with Crippen LogP contribution in [0.3, 0.4) is 0 Å². The van der Waals surface area contributed by atoms with Crippen molar-refractivity contribution in [2.45, 2.75) is 6.54 Å². The Hall–Kier alpha value is -2.25. The van der Waals surface area contributed by atoms with Crippen LogP contribution >= 0.6 is 0 Å². The molecule has 0 saturated heterocycles. The second kappa shape index (κ2) is 6.47. The van der Waals surface area contributed by atoms with Gasteiger partial charge in [0.2, 0.25) is 0 Å². The van der Waals surface area contributed by atoms with Gasteiger partial charge in [0.1, 0.15) is 11.6 Å². The summed E-state index contributed by atoms with van der Waals surface area (Å²) in [6, 6.07) is 8.98. The van der Waals surface area contributed by atoms with Crippen LogP contribution in [-0.2, 0) is 6.54 Å². The van der Waals surface area contributed by atoms with E-state index in [1.807, 2.05) is 0 Å². The molecule has 0 spiro atoms. The summed E-state index contributed by atoms with van der Waals surface area (Å²) in [5.74, 6) is -1.86. The molecule has 7 heteroatoms. The van der Waals surface area contributed by atoms with Gasteiger partial charge in [-0.1, -0.05) is 18.2 Å². The van der Waals surface area contributed by atoms with Crippen LogP contribution in [0.2, 0.25) is 0 Å². The summed E-state index contributed by atoms with van der Waals surface area (Å²) in [5.41, 5.74) is 0.0881. The fraction of sp³-hybridized carbons (Fsp3) is 0.0714. The zero-order valence-electron chi connectivity index (χ0n) is 10.9. The molecule has 4 nitrogen and oxygen atoms in total. The topological polar surface area (TPSA) is 69.6 Å². The van der Waals surface area contributed by atoms with Gasteiger partial charge in [-0.2, -0.15) is 0 Å². The molecule has 0 aliphatic rings. The summed E-state index contributed by atoms with van der Waals surface area (Å²) in [4.78, 5) is 11.9. The second-order valence-corrected chi connectivity index (χ2v) is 4.42. The van der Waals surface area contributed by atoms with Crippen LogP contribution in [-0.4, -0.2) is 23.1 Å². The summed E-state index contributed by atoms with van der Waals surface area (Å²) >= 11 is 0. The number of amides is 1. The molecule has 0 aliphatic carbocycles. The van der Waals surface area contributed by atoms with Crippen molar-refractivity contribution in [2.24, 2.45) is 0 Å². The Morgan fingerprint density at radius 1 is 1.14 bits per heavy atom. The van der Waals surface area contributed by atoms with Gasteiger partial charge in [-0.25, -0.2) is 8.78 Å². The molecular formula is C14H12BF2NO3. The smallest absolute Gasteiger partial charge is 0.423 e. The van der Waals surface area contributed by atoms with E-state index in [0.717, 1.165) is 18.2 Å². The van der Waals surface area contributed by atoms with E-state index in [9.17, 15) is 13.6 Å². The Morgan fingerprint density at radius 3 is 2.52 bits per heavy atom. The lowest BCUT2D eigenvalue weighted by Crippen LogP contribution is -2.32. The van der Waals surface area contributed by atoms with Crippen molar-refractivity contribution in [1.29, 1.82) is 0 Å². The Kier molecular flexibility index (Phi) is 4.67. The molecule has 2 rings (SSSR count). The van der Waals surface area contributed by atoms with E-state index < -0.39 is 24.7 Å². The minimum atomic E-state index is -1.88. The van der Waals surface area contributed by atoms with Gasteiger partial charge >= 0.3 is 7.12 Å². The number of benzene rings is 2. The summed E-state index contributed by atoms with van der Waals surface area (Å²) in [5, 5.41) is 20.5. The highest BCUT2D eigenvalue weighted by Crippen LogP contribution is 2.07. The molecule has 0 aliphatic heterocycles. The Balaban J connectivity index is 2.12. The summed E-state index contributed by atoms with van der Waals surface area (Å²) < 4.78 is 26.7. The Labute approximate surface area is 120 Å². The largest absolute Gasteiger partial charge is 0.488 e. The number of hydrogen-bond donors (Lipinski definition) is 3. The lowest BCUT2D eigenvalue weighted by Gasteiger charge is -2.08. The van der Waals surface area contributed by atoms with Gasteiger partial charge in [0, 0.05) is 17.7 Å². The second-order valence-electron chi connectivity index (χ2n) is 4.42. The molecule has 0 aromatic heterocycles. The molecule has 2 aromatic rings. The minimum Gasteiger partial charge on any atom is -0.423 e. The molecular weight excluding hydrogens is 279 g/mol. The third-order valence-corrected chi connectivity index (χ3v) is 2.88. The predicted molar refractivity (Wildman–Crippen MR) is 73.8 cm³/mol. The third-order valence-electron chi connectivity index (χ3n) is 2.88. The first-order valence-electron chi connectivity index (χ1n) is 6.15. The molecule has 0 bridgehead atoms. The maximum Gasteiger partial charge on any atom is 0.488 e. The van der Waals surface area contributed by atoms with Crippen LogP contribution < -0.4 is 10.8 Å². The molecule has 3 N–H and O–H groups in total. The quantitative estimate of drug-likeness (QED) is 0.722. The van der Waals surface area contributed by atoms with Gasteiger partial charge in [-0.15, -0.1) is 0 Å². The molecule has 0 radical (unpaired) electrons. The van der Waals surface area contributed by atoms with E-state index in [4.69, 9.17) is 10.0 Å². The summed E-state index contributed by atoms with van der Waals surface area (Å²) in [6.07, 6.45) is 0. The van der Waals surface area contributed by atoms with Gasteiger partial charge in [-0.3, -0.25) is 4.79 Å². The van der Waals surface area contributed by atoms with Crippen LogP contribution in [0.4, 0.5) is 8.78 Å². The number of hydrogen-bond acceptors (Lipinski definition) is 3. The van der Waals surface area contributed by atoms with Crippen molar-refractivity contribution >= 4 is 18.5 Å². The number of nitrogens with one attached hydrogen (secondary N) is 1.